The van der Waals surface area contributed by atoms with Crippen molar-refractivity contribution in [1.82, 2.24) is 14.9 Å². The molecular weight excluding hydrogens is 560 g/mol. The molecule has 3 aromatic heterocycles. The lowest BCUT2D eigenvalue weighted by molar-refractivity contribution is -0.126. The summed E-state index contributed by atoms with van der Waals surface area (Å²) in [6.45, 7) is 2.94. The maximum Gasteiger partial charge on any atom is 0.257 e. The van der Waals surface area contributed by atoms with Crippen molar-refractivity contribution in [3.8, 4) is 0 Å². The Morgan fingerprint density at radius 1 is 1.00 bits per heavy atom. The Hall–Kier alpha value is -4.50. The van der Waals surface area contributed by atoms with Crippen LogP contribution >= 0.6 is 11.8 Å². The first kappa shape index (κ1) is 27.3. The van der Waals surface area contributed by atoms with Gasteiger partial charge in [0, 0.05) is 40.1 Å². The highest BCUT2D eigenvalue weighted by atomic mass is 32.2. The average molecular weight is 593 g/mol. The van der Waals surface area contributed by atoms with E-state index in [2.05, 4.69) is 33.9 Å². The van der Waals surface area contributed by atoms with E-state index < -0.39 is 6.04 Å². The van der Waals surface area contributed by atoms with Crippen molar-refractivity contribution in [2.24, 2.45) is 0 Å². The van der Waals surface area contributed by atoms with E-state index in [0.717, 1.165) is 59.6 Å². The van der Waals surface area contributed by atoms with Crippen LogP contribution in [0.4, 0.5) is 5.69 Å². The lowest BCUT2D eigenvalue weighted by atomic mass is 10.1. The summed E-state index contributed by atoms with van der Waals surface area (Å²) in [7, 11) is 0. The molecule has 7 rings (SSSR count). The first-order valence-electron chi connectivity index (χ1n) is 14.8. The van der Waals surface area contributed by atoms with Crippen LogP contribution in [0.5, 0.6) is 0 Å². The normalized spacial score (nSPS) is 14.5. The number of hydrogen-bond acceptors (Lipinski definition) is 6. The van der Waals surface area contributed by atoms with Crippen molar-refractivity contribution in [1.29, 1.82) is 0 Å². The van der Waals surface area contributed by atoms with Gasteiger partial charge in [0.2, 0.25) is 5.91 Å². The molecule has 1 aliphatic rings. The molecule has 6 aromatic rings. The summed E-state index contributed by atoms with van der Waals surface area (Å²) in [6, 6.07) is 24.4. The van der Waals surface area contributed by atoms with E-state index in [0.29, 0.717) is 22.3 Å². The molecule has 0 radical (unpaired) electrons. The summed E-state index contributed by atoms with van der Waals surface area (Å²) in [5, 5.41) is 5.73. The second kappa shape index (κ2) is 11.6. The summed E-state index contributed by atoms with van der Waals surface area (Å²) >= 11 is 1.22. The van der Waals surface area contributed by atoms with Gasteiger partial charge in [0.1, 0.15) is 11.3 Å². The zero-order chi connectivity index (χ0) is 29.3. The van der Waals surface area contributed by atoms with Gasteiger partial charge in [-0.1, -0.05) is 54.9 Å². The highest BCUT2D eigenvalue weighted by Gasteiger charge is 2.36. The van der Waals surface area contributed by atoms with E-state index >= 15 is 0 Å². The molecule has 0 unspecified atom stereocenters. The number of hydrogen-bond donors (Lipinski definition) is 1. The van der Waals surface area contributed by atoms with Gasteiger partial charge in [-0.2, -0.15) is 0 Å². The number of furan rings is 1. The minimum Gasteiger partial charge on any atom is -0.467 e. The molecule has 2 amide bonds. The van der Waals surface area contributed by atoms with Gasteiger partial charge >= 0.3 is 0 Å². The predicted molar refractivity (Wildman–Crippen MR) is 169 cm³/mol. The Bertz CT molecular complexity index is 1890. The van der Waals surface area contributed by atoms with E-state index in [1.165, 1.54) is 11.8 Å². The third kappa shape index (κ3) is 5.18. The molecule has 218 valence electrons. The first-order valence-corrected chi connectivity index (χ1v) is 15.7. The molecule has 9 heteroatoms. The SMILES string of the molecule is CCn1c2ccccc2c2cc(N(C(=O)CSc3nc4ccccc4o3)[C@@H](C(=O)NC3CCCC3)c3ccco3)ccc21. The molecule has 0 saturated heterocycles. The lowest BCUT2D eigenvalue weighted by Crippen LogP contribution is -2.46. The van der Waals surface area contributed by atoms with Crippen molar-refractivity contribution in [2.75, 3.05) is 10.7 Å². The average Bonchev–Trinajstić information content (AvgIpc) is 3.85. The van der Waals surface area contributed by atoms with Gasteiger partial charge in [-0.3, -0.25) is 14.5 Å². The maximum atomic E-state index is 14.3. The first-order chi connectivity index (χ1) is 21.1. The quantitative estimate of drug-likeness (QED) is 0.175. The minimum absolute atomic E-state index is 0.0233. The number of carbonyl (C=O) groups is 2. The van der Waals surface area contributed by atoms with Crippen LogP contribution in [-0.2, 0) is 16.1 Å². The number of anilines is 1. The van der Waals surface area contributed by atoms with Crippen molar-refractivity contribution >= 4 is 62.2 Å². The molecule has 0 spiro atoms. The molecule has 1 aliphatic carbocycles. The highest BCUT2D eigenvalue weighted by molar-refractivity contribution is 7.99. The number of aryl methyl sites for hydroxylation is 1. The number of amides is 2. The fourth-order valence-electron chi connectivity index (χ4n) is 6.25. The molecule has 43 heavy (non-hydrogen) atoms. The molecule has 3 heterocycles. The van der Waals surface area contributed by atoms with Crippen LogP contribution < -0.4 is 10.2 Å². The second-order valence-electron chi connectivity index (χ2n) is 10.9. The Kier molecular flexibility index (Phi) is 7.40. The number of para-hydroxylation sites is 3. The zero-order valence-electron chi connectivity index (χ0n) is 23.9. The molecule has 0 aliphatic heterocycles. The van der Waals surface area contributed by atoms with Crippen molar-refractivity contribution < 1.29 is 18.4 Å². The largest absolute Gasteiger partial charge is 0.467 e. The van der Waals surface area contributed by atoms with Crippen LogP contribution in [-0.4, -0.2) is 33.2 Å². The topological polar surface area (TPSA) is 93.5 Å². The monoisotopic (exact) mass is 592 g/mol. The second-order valence-corrected chi connectivity index (χ2v) is 11.8. The summed E-state index contributed by atoms with van der Waals surface area (Å²) in [5.41, 5.74) is 4.22. The molecule has 1 fully saturated rings. The number of nitrogens with zero attached hydrogens (tertiary/aromatic N) is 3. The molecule has 3 aromatic carbocycles. The summed E-state index contributed by atoms with van der Waals surface area (Å²) < 4.78 is 14.0. The smallest absolute Gasteiger partial charge is 0.257 e. The van der Waals surface area contributed by atoms with Crippen molar-refractivity contribution in [2.45, 2.75) is 56.5 Å². The highest BCUT2D eigenvalue weighted by Crippen LogP contribution is 2.36. The van der Waals surface area contributed by atoms with Crippen LogP contribution in [0.3, 0.4) is 0 Å². The fraction of sp³-hybridized carbons (Fsp3) is 0.265. The predicted octanol–water partition coefficient (Wildman–Crippen LogP) is 7.47. The van der Waals surface area contributed by atoms with Crippen LogP contribution in [0.15, 0.2) is 99.2 Å². The maximum absolute atomic E-state index is 14.3. The Balaban J connectivity index is 1.31. The third-order valence-electron chi connectivity index (χ3n) is 8.23. The number of benzene rings is 3. The zero-order valence-corrected chi connectivity index (χ0v) is 24.7. The Morgan fingerprint density at radius 3 is 2.58 bits per heavy atom. The number of oxazole rings is 1. The van der Waals surface area contributed by atoms with E-state index in [4.69, 9.17) is 8.83 Å². The molecule has 8 nitrogen and oxygen atoms in total. The Labute approximate surface area is 253 Å². The molecular formula is C34H32N4O4S. The van der Waals surface area contributed by atoms with E-state index in [1.807, 2.05) is 54.6 Å². The van der Waals surface area contributed by atoms with E-state index in [1.54, 1.807) is 23.3 Å². The number of nitrogens with one attached hydrogen (secondary N) is 1. The van der Waals surface area contributed by atoms with Gasteiger partial charge in [-0.25, -0.2) is 4.98 Å². The van der Waals surface area contributed by atoms with Gasteiger partial charge in [0.05, 0.1) is 12.0 Å². The van der Waals surface area contributed by atoms with Gasteiger partial charge in [-0.15, -0.1) is 0 Å². The van der Waals surface area contributed by atoms with Gasteiger partial charge in [-0.05, 0) is 68.3 Å². The van der Waals surface area contributed by atoms with E-state index in [9.17, 15) is 9.59 Å². The van der Waals surface area contributed by atoms with Crippen molar-refractivity contribution in [3.63, 3.8) is 0 Å². The Morgan fingerprint density at radius 2 is 1.79 bits per heavy atom. The van der Waals surface area contributed by atoms with Crippen molar-refractivity contribution in [3.05, 3.63) is 90.9 Å². The van der Waals surface area contributed by atoms with Crippen LogP contribution in [0.25, 0.3) is 32.9 Å². The third-order valence-corrected chi connectivity index (χ3v) is 9.05. The summed E-state index contributed by atoms with van der Waals surface area (Å²) in [4.78, 5) is 34.4. The fourth-order valence-corrected chi connectivity index (χ4v) is 6.94. The summed E-state index contributed by atoms with van der Waals surface area (Å²) in [5.74, 6) is -0.0751. The number of carbonyl (C=O) groups excluding carboxylic acids is 2. The van der Waals surface area contributed by atoms with Crippen LogP contribution in [0.1, 0.15) is 44.4 Å². The number of aromatic nitrogens is 2. The number of rotatable bonds is 9. The van der Waals surface area contributed by atoms with Crippen LogP contribution in [0.2, 0.25) is 0 Å². The number of thioether (sulfide) groups is 1. The van der Waals surface area contributed by atoms with E-state index in [-0.39, 0.29) is 23.6 Å². The molecule has 1 saturated carbocycles. The van der Waals surface area contributed by atoms with Gasteiger partial charge in [0.15, 0.2) is 11.6 Å². The minimum atomic E-state index is -0.982. The van der Waals surface area contributed by atoms with Crippen LogP contribution in [0, 0.1) is 0 Å². The standard InChI is InChI=1S/C34H32N4O4S/c1-2-37-27-14-7-5-12-24(27)25-20-23(17-18-28(25)37)38(31(39)21-43-34-36-26-13-6-8-15-29(26)42-34)32(30-16-9-19-41-30)33(40)35-22-10-3-4-11-22/h5-9,12-20,22,32H,2-4,10-11,21H2,1H3,(H,35,40)/t32-/m1/s1. The van der Waals surface area contributed by atoms with Gasteiger partial charge in [0.25, 0.3) is 11.1 Å². The molecule has 0 bridgehead atoms. The number of fused-ring (bicyclic) bond motifs is 4. The molecule has 1 atom stereocenters. The lowest BCUT2D eigenvalue weighted by Gasteiger charge is -2.31. The van der Waals surface area contributed by atoms with Gasteiger partial charge < -0.3 is 18.7 Å². The molecule has 1 N–H and O–H groups in total. The summed E-state index contributed by atoms with van der Waals surface area (Å²) in [6.07, 6.45) is 5.57.